The molecule has 0 spiro atoms. The van der Waals surface area contributed by atoms with Crippen LogP contribution in [0, 0.1) is 0 Å². The molecule has 1 aromatic rings. The summed E-state index contributed by atoms with van der Waals surface area (Å²) in [5, 5.41) is 7.75. The van der Waals surface area contributed by atoms with Gasteiger partial charge in [0.25, 0.3) is 0 Å². The lowest BCUT2D eigenvalue weighted by Crippen LogP contribution is -2.19. The number of ether oxygens (including phenoxy) is 1. The lowest BCUT2D eigenvalue weighted by molar-refractivity contribution is 0.292. The third-order valence-corrected chi connectivity index (χ3v) is 2.93. The summed E-state index contributed by atoms with van der Waals surface area (Å²) in [5.41, 5.74) is 2.30. The van der Waals surface area contributed by atoms with Crippen molar-refractivity contribution in [1.29, 1.82) is 0 Å². The summed E-state index contributed by atoms with van der Waals surface area (Å²) in [4.78, 5) is 11.9. The summed E-state index contributed by atoms with van der Waals surface area (Å²) in [6, 6.07) is 0.142. The molecule has 6 N–H and O–H groups in total. The molecule has 0 fully saturated rings. The number of anilines is 2. The fourth-order valence-corrected chi connectivity index (χ4v) is 1.78. The lowest BCUT2D eigenvalue weighted by Gasteiger charge is -2.08. The molecule has 0 bridgehead atoms. The van der Waals surface area contributed by atoms with E-state index < -0.39 is 10.0 Å². The largest absolute Gasteiger partial charge is 0.463 e. The van der Waals surface area contributed by atoms with Crippen LogP contribution in [0.4, 0.5) is 11.9 Å². The molecule has 0 aliphatic heterocycles. The topological polar surface area (TPSA) is 158 Å². The third-order valence-electron chi connectivity index (χ3n) is 2.07. The first-order valence-corrected chi connectivity index (χ1v) is 7.76. The van der Waals surface area contributed by atoms with Crippen molar-refractivity contribution < 1.29 is 13.2 Å². The average molecular weight is 305 g/mol. The number of hydrogen-bond donors (Lipinski definition) is 4. The van der Waals surface area contributed by atoms with E-state index in [9.17, 15) is 8.42 Å². The molecular weight excluding hydrogens is 286 g/mol. The summed E-state index contributed by atoms with van der Waals surface area (Å²) >= 11 is 0. The predicted octanol–water partition coefficient (Wildman–Crippen LogP) is -0.963. The molecule has 10 nitrogen and oxygen atoms in total. The van der Waals surface area contributed by atoms with Crippen LogP contribution in [0.1, 0.15) is 19.8 Å². The Balaban J connectivity index is 2.59. The smallest absolute Gasteiger partial charge is 0.323 e. The molecule has 11 heteroatoms. The van der Waals surface area contributed by atoms with Crippen molar-refractivity contribution in [1.82, 2.24) is 15.0 Å². The zero-order valence-corrected chi connectivity index (χ0v) is 12.0. The van der Waals surface area contributed by atoms with Gasteiger partial charge in [-0.1, -0.05) is 6.92 Å². The van der Waals surface area contributed by atoms with Gasteiger partial charge in [-0.05, 0) is 12.8 Å². The summed E-state index contributed by atoms with van der Waals surface area (Å²) < 4.78 is 26.8. The molecule has 0 atom stereocenters. The van der Waals surface area contributed by atoms with E-state index >= 15 is 0 Å². The molecule has 0 unspecified atom stereocenters. The van der Waals surface area contributed by atoms with Crippen molar-refractivity contribution >= 4 is 21.9 Å². The molecule has 1 aromatic heterocycles. The number of nitrogens with zero attached hydrogens (tertiary/aromatic N) is 3. The predicted molar refractivity (Wildman–Crippen MR) is 74.5 cm³/mol. The zero-order valence-electron chi connectivity index (χ0n) is 11.2. The Morgan fingerprint density at radius 3 is 2.55 bits per heavy atom. The van der Waals surface area contributed by atoms with E-state index in [1.807, 2.05) is 6.92 Å². The first kappa shape index (κ1) is 16.3. The highest BCUT2D eigenvalue weighted by molar-refractivity contribution is 7.89. The maximum absolute atomic E-state index is 10.8. The van der Waals surface area contributed by atoms with E-state index in [1.165, 1.54) is 0 Å². The van der Waals surface area contributed by atoms with Gasteiger partial charge in [-0.25, -0.2) is 19.4 Å². The Morgan fingerprint density at radius 2 is 1.95 bits per heavy atom. The molecule has 1 heterocycles. The van der Waals surface area contributed by atoms with Crippen LogP contribution in [-0.4, -0.2) is 42.3 Å². The third kappa shape index (κ3) is 6.45. The summed E-state index contributed by atoms with van der Waals surface area (Å²) in [5.74, 6) is 5.52. The molecule has 0 saturated carbocycles. The van der Waals surface area contributed by atoms with Gasteiger partial charge < -0.3 is 10.1 Å². The average Bonchev–Trinajstić information content (AvgIpc) is 2.40. The van der Waals surface area contributed by atoms with Gasteiger partial charge in [0, 0.05) is 6.54 Å². The van der Waals surface area contributed by atoms with Gasteiger partial charge in [-0.3, -0.25) is 5.43 Å². The van der Waals surface area contributed by atoms with Crippen LogP contribution in [0.15, 0.2) is 0 Å². The Morgan fingerprint density at radius 1 is 1.25 bits per heavy atom. The van der Waals surface area contributed by atoms with Gasteiger partial charge in [0.15, 0.2) is 0 Å². The minimum absolute atomic E-state index is 0.119. The minimum atomic E-state index is -3.46. The molecular formula is C9H19N7O3S. The van der Waals surface area contributed by atoms with Crippen molar-refractivity contribution in [3.05, 3.63) is 0 Å². The molecule has 20 heavy (non-hydrogen) atoms. The SMILES string of the molecule is CCCOc1nc(NN)nc(NCCCS(N)(=O)=O)n1. The zero-order chi connectivity index (χ0) is 15.0. The normalized spacial score (nSPS) is 11.2. The van der Waals surface area contributed by atoms with E-state index in [0.29, 0.717) is 19.6 Å². The first-order valence-electron chi connectivity index (χ1n) is 6.04. The molecule has 0 amide bonds. The van der Waals surface area contributed by atoms with Gasteiger partial charge in [0.2, 0.25) is 21.9 Å². The summed E-state index contributed by atoms with van der Waals surface area (Å²) in [7, 11) is -3.46. The van der Waals surface area contributed by atoms with Gasteiger partial charge in [0.05, 0.1) is 12.4 Å². The van der Waals surface area contributed by atoms with Crippen molar-refractivity contribution in [3.8, 4) is 6.01 Å². The van der Waals surface area contributed by atoms with E-state index in [1.54, 1.807) is 0 Å². The second kappa shape index (κ2) is 7.77. The van der Waals surface area contributed by atoms with Gasteiger partial charge in [0.1, 0.15) is 0 Å². The van der Waals surface area contributed by atoms with Gasteiger partial charge in [-0.15, -0.1) is 0 Å². The highest BCUT2D eigenvalue weighted by atomic mass is 32.2. The molecule has 0 aliphatic carbocycles. The molecule has 0 saturated heterocycles. The van der Waals surface area contributed by atoms with E-state index in [-0.39, 0.29) is 23.7 Å². The van der Waals surface area contributed by atoms with Crippen LogP contribution in [0.5, 0.6) is 6.01 Å². The number of hydrazine groups is 1. The van der Waals surface area contributed by atoms with Crippen LogP contribution in [0.2, 0.25) is 0 Å². The fourth-order valence-electron chi connectivity index (χ4n) is 1.23. The van der Waals surface area contributed by atoms with E-state index in [0.717, 1.165) is 6.42 Å². The summed E-state index contributed by atoms with van der Waals surface area (Å²) in [6.45, 7) is 2.77. The van der Waals surface area contributed by atoms with Gasteiger partial charge >= 0.3 is 6.01 Å². The summed E-state index contributed by atoms with van der Waals surface area (Å²) in [6.07, 6.45) is 1.15. The number of hydrogen-bond acceptors (Lipinski definition) is 9. The van der Waals surface area contributed by atoms with Crippen LogP contribution in [0.25, 0.3) is 0 Å². The van der Waals surface area contributed by atoms with Crippen molar-refractivity contribution in [2.45, 2.75) is 19.8 Å². The molecule has 1 rings (SSSR count). The van der Waals surface area contributed by atoms with E-state index in [2.05, 4.69) is 25.7 Å². The monoisotopic (exact) mass is 305 g/mol. The van der Waals surface area contributed by atoms with Crippen molar-refractivity contribution in [2.24, 2.45) is 11.0 Å². The fraction of sp³-hybridized carbons (Fsp3) is 0.667. The Kier molecular flexibility index (Phi) is 6.35. The van der Waals surface area contributed by atoms with Crippen molar-refractivity contribution in [2.75, 3.05) is 29.6 Å². The maximum atomic E-state index is 10.8. The maximum Gasteiger partial charge on any atom is 0.323 e. The number of rotatable bonds is 9. The molecule has 114 valence electrons. The molecule has 0 radical (unpaired) electrons. The number of aromatic nitrogens is 3. The van der Waals surface area contributed by atoms with Crippen LogP contribution < -0.4 is 26.5 Å². The number of sulfonamides is 1. The van der Waals surface area contributed by atoms with E-state index in [4.69, 9.17) is 15.7 Å². The highest BCUT2D eigenvalue weighted by Gasteiger charge is 2.07. The number of nitrogens with two attached hydrogens (primary N) is 2. The Labute approximate surface area is 117 Å². The number of nitrogen functional groups attached to an aromatic ring is 1. The second-order valence-electron chi connectivity index (χ2n) is 3.91. The minimum Gasteiger partial charge on any atom is -0.463 e. The van der Waals surface area contributed by atoms with Crippen LogP contribution >= 0.6 is 0 Å². The van der Waals surface area contributed by atoms with Gasteiger partial charge in [-0.2, -0.15) is 15.0 Å². The Hall–Kier alpha value is -1.72. The lowest BCUT2D eigenvalue weighted by atomic mass is 10.5. The number of nitrogens with one attached hydrogen (secondary N) is 2. The van der Waals surface area contributed by atoms with Crippen LogP contribution in [-0.2, 0) is 10.0 Å². The van der Waals surface area contributed by atoms with Crippen molar-refractivity contribution in [3.63, 3.8) is 0 Å². The second-order valence-corrected chi connectivity index (χ2v) is 5.64. The Bertz CT molecular complexity index is 522. The standard InChI is InChI=1S/C9H19N7O3S/c1-2-5-19-9-14-7(13-8(15-9)16-10)12-4-3-6-20(11,17)18/h2-6,10H2,1H3,(H2,11,17,18)(H2,12,13,14,15,16). The molecule has 0 aromatic carbocycles. The quantitative estimate of drug-likeness (QED) is 0.256. The van der Waals surface area contributed by atoms with Crippen LogP contribution in [0.3, 0.4) is 0 Å². The number of primary sulfonamides is 1. The molecule has 0 aliphatic rings. The first-order chi connectivity index (χ1) is 9.44. The highest BCUT2D eigenvalue weighted by Crippen LogP contribution is 2.10.